The minimum atomic E-state index is 0.587. The van der Waals surface area contributed by atoms with E-state index in [0.29, 0.717) is 12.0 Å². The van der Waals surface area contributed by atoms with E-state index in [2.05, 4.69) is 37.4 Å². The van der Waals surface area contributed by atoms with Crippen LogP contribution < -0.4 is 10.1 Å². The monoisotopic (exact) mass is 231 g/mol. The Balaban J connectivity index is 1.68. The van der Waals surface area contributed by atoms with Crippen molar-refractivity contribution in [1.82, 2.24) is 0 Å². The summed E-state index contributed by atoms with van der Waals surface area (Å²) < 4.78 is 5.81. The van der Waals surface area contributed by atoms with Crippen LogP contribution in [-0.2, 0) is 6.42 Å². The molecule has 0 saturated heterocycles. The quantitative estimate of drug-likeness (QED) is 0.856. The van der Waals surface area contributed by atoms with Crippen molar-refractivity contribution in [3.8, 4) is 5.75 Å². The SMILES string of the molecule is CC(C)C1Cc2ccc(OCC3CC3)cc2N1. The zero-order valence-electron chi connectivity index (χ0n) is 10.7. The highest BCUT2D eigenvalue weighted by Crippen LogP contribution is 2.34. The first kappa shape index (κ1) is 10.9. The average Bonchev–Trinajstić information content (AvgIpc) is 3.03. The lowest BCUT2D eigenvalue weighted by Gasteiger charge is -2.14. The van der Waals surface area contributed by atoms with Crippen LogP contribution in [0.3, 0.4) is 0 Å². The van der Waals surface area contributed by atoms with Gasteiger partial charge in [-0.15, -0.1) is 0 Å². The summed E-state index contributed by atoms with van der Waals surface area (Å²) in [6.07, 6.45) is 3.84. The number of nitrogens with one attached hydrogen (secondary N) is 1. The molecule has 1 aromatic carbocycles. The van der Waals surface area contributed by atoms with Crippen LogP contribution in [0.25, 0.3) is 0 Å². The van der Waals surface area contributed by atoms with Crippen LogP contribution in [0.2, 0.25) is 0 Å². The number of hydrogen-bond acceptors (Lipinski definition) is 2. The normalized spacial score (nSPS) is 22.4. The highest BCUT2D eigenvalue weighted by atomic mass is 16.5. The van der Waals surface area contributed by atoms with E-state index < -0.39 is 0 Å². The van der Waals surface area contributed by atoms with E-state index in [1.54, 1.807) is 0 Å². The molecule has 1 aliphatic heterocycles. The van der Waals surface area contributed by atoms with Gasteiger partial charge in [0, 0.05) is 17.8 Å². The first-order chi connectivity index (χ1) is 8.22. The molecule has 0 radical (unpaired) electrons. The predicted octanol–water partition coefficient (Wildman–Crippen LogP) is 3.47. The molecule has 1 saturated carbocycles. The topological polar surface area (TPSA) is 21.3 Å². The number of anilines is 1. The minimum Gasteiger partial charge on any atom is -0.493 e. The molecule has 0 amide bonds. The Morgan fingerprint density at radius 1 is 1.35 bits per heavy atom. The summed E-state index contributed by atoms with van der Waals surface area (Å²) in [5, 5.41) is 3.60. The molecular weight excluding hydrogens is 210 g/mol. The maximum absolute atomic E-state index is 5.81. The second-order valence-corrected chi connectivity index (χ2v) is 5.77. The van der Waals surface area contributed by atoms with Gasteiger partial charge in [0.1, 0.15) is 5.75 Å². The summed E-state index contributed by atoms with van der Waals surface area (Å²) >= 11 is 0. The van der Waals surface area contributed by atoms with Gasteiger partial charge < -0.3 is 10.1 Å². The number of benzene rings is 1. The molecule has 1 unspecified atom stereocenters. The molecule has 1 aromatic rings. The highest BCUT2D eigenvalue weighted by molar-refractivity contribution is 5.60. The van der Waals surface area contributed by atoms with Crippen molar-refractivity contribution < 1.29 is 4.74 Å². The molecule has 2 nitrogen and oxygen atoms in total. The molecule has 3 rings (SSSR count). The van der Waals surface area contributed by atoms with E-state index in [1.807, 2.05) is 0 Å². The van der Waals surface area contributed by atoms with Gasteiger partial charge in [-0.05, 0) is 42.7 Å². The Bertz CT molecular complexity index is 409. The van der Waals surface area contributed by atoms with Gasteiger partial charge >= 0.3 is 0 Å². The van der Waals surface area contributed by atoms with Gasteiger partial charge in [0.25, 0.3) is 0 Å². The van der Waals surface area contributed by atoms with Crippen LogP contribution in [0.15, 0.2) is 18.2 Å². The van der Waals surface area contributed by atoms with Crippen molar-refractivity contribution in [3.05, 3.63) is 23.8 Å². The average molecular weight is 231 g/mol. The third kappa shape index (κ3) is 2.41. The molecule has 1 fully saturated rings. The third-order valence-corrected chi connectivity index (χ3v) is 3.85. The summed E-state index contributed by atoms with van der Waals surface area (Å²) in [4.78, 5) is 0. The first-order valence-electron chi connectivity index (χ1n) is 6.74. The van der Waals surface area contributed by atoms with Gasteiger partial charge in [0.15, 0.2) is 0 Å². The van der Waals surface area contributed by atoms with Crippen molar-refractivity contribution in [2.24, 2.45) is 11.8 Å². The van der Waals surface area contributed by atoms with Crippen LogP contribution in [0.1, 0.15) is 32.3 Å². The molecular formula is C15H21NO. The Kier molecular flexibility index (Phi) is 2.73. The van der Waals surface area contributed by atoms with E-state index >= 15 is 0 Å². The number of ether oxygens (including phenoxy) is 1. The van der Waals surface area contributed by atoms with Gasteiger partial charge in [-0.3, -0.25) is 0 Å². The summed E-state index contributed by atoms with van der Waals surface area (Å²) in [5.74, 6) is 2.52. The molecule has 92 valence electrons. The van der Waals surface area contributed by atoms with E-state index in [-0.39, 0.29) is 0 Å². The number of rotatable bonds is 4. The molecule has 2 aliphatic rings. The molecule has 0 aromatic heterocycles. The third-order valence-electron chi connectivity index (χ3n) is 3.85. The highest BCUT2D eigenvalue weighted by Gasteiger charge is 2.24. The van der Waals surface area contributed by atoms with Crippen molar-refractivity contribution in [3.63, 3.8) is 0 Å². The number of fused-ring (bicyclic) bond motifs is 1. The lowest BCUT2D eigenvalue weighted by Crippen LogP contribution is -2.21. The molecule has 1 aliphatic carbocycles. The largest absolute Gasteiger partial charge is 0.493 e. The van der Waals surface area contributed by atoms with Crippen molar-refractivity contribution >= 4 is 5.69 Å². The fraction of sp³-hybridized carbons (Fsp3) is 0.600. The molecule has 2 heteroatoms. The van der Waals surface area contributed by atoms with Gasteiger partial charge in [-0.25, -0.2) is 0 Å². The van der Waals surface area contributed by atoms with Gasteiger partial charge in [-0.1, -0.05) is 19.9 Å². The predicted molar refractivity (Wildman–Crippen MR) is 70.6 cm³/mol. The summed E-state index contributed by atoms with van der Waals surface area (Å²) in [6.45, 7) is 5.44. The fourth-order valence-electron chi connectivity index (χ4n) is 2.35. The van der Waals surface area contributed by atoms with Crippen LogP contribution in [0, 0.1) is 11.8 Å². The van der Waals surface area contributed by atoms with Crippen LogP contribution >= 0.6 is 0 Å². The smallest absolute Gasteiger partial charge is 0.121 e. The Hall–Kier alpha value is -1.18. The van der Waals surface area contributed by atoms with Gasteiger partial charge in [0.2, 0.25) is 0 Å². The number of hydrogen-bond donors (Lipinski definition) is 1. The van der Waals surface area contributed by atoms with Crippen molar-refractivity contribution in [2.45, 2.75) is 39.2 Å². The van der Waals surface area contributed by atoms with E-state index in [1.165, 1.54) is 24.1 Å². The van der Waals surface area contributed by atoms with Crippen molar-refractivity contribution in [2.75, 3.05) is 11.9 Å². The minimum absolute atomic E-state index is 0.587. The first-order valence-corrected chi connectivity index (χ1v) is 6.74. The lowest BCUT2D eigenvalue weighted by molar-refractivity contribution is 0.300. The van der Waals surface area contributed by atoms with E-state index in [0.717, 1.165) is 24.7 Å². The van der Waals surface area contributed by atoms with Crippen LogP contribution in [-0.4, -0.2) is 12.6 Å². The Morgan fingerprint density at radius 3 is 2.88 bits per heavy atom. The standard InChI is InChI=1S/C15H21NO/c1-10(2)14-7-12-5-6-13(8-15(12)16-14)17-9-11-3-4-11/h5-6,8,10-11,14,16H,3-4,7,9H2,1-2H3. The maximum atomic E-state index is 5.81. The zero-order valence-corrected chi connectivity index (χ0v) is 10.7. The van der Waals surface area contributed by atoms with Gasteiger partial charge in [0.05, 0.1) is 6.61 Å². The van der Waals surface area contributed by atoms with E-state index in [4.69, 9.17) is 4.74 Å². The summed E-state index contributed by atoms with van der Waals surface area (Å²) in [7, 11) is 0. The lowest BCUT2D eigenvalue weighted by atomic mass is 10.0. The second-order valence-electron chi connectivity index (χ2n) is 5.77. The summed E-state index contributed by atoms with van der Waals surface area (Å²) in [5.41, 5.74) is 2.71. The van der Waals surface area contributed by atoms with Crippen LogP contribution in [0.5, 0.6) is 5.75 Å². The molecule has 1 atom stereocenters. The molecule has 1 N–H and O–H groups in total. The van der Waals surface area contributed by atoms with E-state index in [9.17, 15) is 0 Å². The Morgan fingerprint density at radius 2 is 2.18 bits per heavy atom. The van der Waals surface area contributed by atoms with Gasteiger partial charge in [-0.2, -0.15) is 0 Å². The summed E-state index contributed by atoms with van der Waals surface area (Å²) in [6, 6.07) is 7.09. The molecule has 1 heterocycles. The second kappa shape index (κ2) is 4.25. The zero-order chi connectivity index (χ0) is 11.8. The van der Waals surface area contributed by atoms with Crippen LogP contribution in [0.4, 0.5) is 5.69 Å². The molecule has 0 spiro atoms. The fourth-order valence-corrected chi connectivity index (χ4v) is 2.35. The van der Waals surface area contributed by atoms with Crippen molar-refractivity contribution in [1.29, 1.82) is 0 Å². The maximum Gasteiger partial charge on any atom is 0.121 e. The Labute approximate surface area is 103 Å². The molecule has 0 bridgehead atoms. The molecule has 17 heavy (non-hydrogen) atoms.